The molecule has 0 saturated carbocycles. The number of fused-ring (bicyclic) bond motifs is 1. The predicted molar refractivity (Wildman–Crippen MR) is 107 cm³/mol. The van der Waals surface area contributed by atoms with Crippen LogP contribution in [0.4, 0.5) is 5.69 Å². The first-order valence-electron chi connectivity index (χ1n) is 8.95. The van der Waals surface area contributed by atoms with Crippen molar-refractivity contribution in [1.29, 1.82) is 0 Å². The Balaban J connectivity index is 1.44. The monoisotopic (exact) mass is 398 g/mol. The summed E-state index contributed by atoms with van der Waals surface area (Å²) >= 11 is 6.21. The van der Waals surface area contributed by atoms with Crippen LogP contribution >= 0.6 is 11.6 Å². The van der Waals surface area contributed by atoms with Crippen LogP contribution in [0.2, 0.25) is 5.02 Å². The summed E-state index contributed by atoms with van der Waals surface area (Å²) in [6.07, 6.45) is 3.72. The average Bonchev–Trinajstić information content (AvgIpc) is 3.32. The number of ether oxygens (including phenoxy) is 2. The summed E-state index contributed by atoms with van der Waals surface area (Å²) < 4.78 is 10.6. The van der Waals surface area contributed by atoms with Crippen LogP contribution in [0.1, 0.15) is 12.0 Å². The first-order valence-corrected chi connectivity index (χ1v) is 9.33. The van der Waals surface area contributed by atoms with Crippen LogP contribution in [0.15, 0.2) is 48.5 Å². The minimum Gasteiger partial charge on any atom is -0.454 e. The first-order chi connectivity index (χ1) is 13.5. The highest BCUT2D eigenvalue weighted by atomic mass is 35.5. The van der Waals surface area contributed by atoms with Crippen molar-refractivity contribution in [2.24, 2.45) is 0 Å². The molecular formula is C21H19ClN2O4. The largest absolute Gasteiger partial charge is 0.454 e. The van der Waals surface area contributed by atoms with Crippen LogP contribution in [0, 0.1) is 0 Å². The number of hydrogen-bond acceptors (Lipinski definition) is 4. The molecule has 7 heteroatoms. The Labute approximate surface area is 167 Å². The number of halogens is 1. The summed E-state index contributed by atoms with van der Waals surface area (Å²) in [6, 6.07) is 12.2. The molecule has 2 aliphatic heterocycles. The van der Waals surface area contributed by atoms with Crippen molar-refractivity contribution in [2.45, 2.75) is 12.5 Å². The fourth-order valence-electron chi connectivity index (χ4n) is 3.39. The van der Waals surface area contributed by atoms with Gasteiger partial charge in [0.2, 0.25) is 18.6 Å². The number of nitrogens with zero attached hydrogens (tertiary/aromatic N) is 2. The summed E-state index contributed by atoms with van der Waals surface area (Å²) in [6.45, 7) is 0.729. The van der Waals surface area contributed by atoms with Crippen molar-refractivity contribution in [3.8, 4) is 11.5 Å². The molecule has 28 heavy (non-hydrogen) atoms. The molecule has 1 fully saturated rings. The van der Waals surface area contributed by atoms with Crippen molar-refractivity contribution < 1.29 is 19.1 Å². The zero-order chi connectivity index (χ0) is 19.7. The molecule has 0 N–H and O–H groups in total. The van der Waals surface area contributed by atoms with Gasteiger partial charge in [0.25, 0.3) is 0 Å². The lowest BCUT2D eigenvalue weighted by molar-refractivity contribution is -0.132. The Bertz CT molecular complexity index is 959. The van der Waals surface area contributed by atoms with Gasteiger partial charge in [-0.1, -0.05) is 29.8 Å². The van der Waals surface area contributed by atoms with Gasteiger partial charge < -0.3 is 19.3 Å². The van der Waals surface area contributed by atoms with Crippen LogP contribution in [-0.2, 0) is 9.59 Å². The number of rotatable bonds is 4. The van der Waals surface area contributed by atoms with Gasteiger partial charge >= 0.3 is 0 Å². The van der Waals surface area contributed by atoms with Gasteiger partial charge in [-0.25, -0.2) is 0 Å². The smallest absolute Gasteiger partial charge is 0.249 e. The zero-order valence-electron chi connectivity index (χ0n) is 15.3. The number of benzene rings is 2. The highest BCUT2D eigenvalue weighted by Crippen LogP contribution is 2.33. The summed E-state index contributed by atoms with van der Waals surface area (Å²) in [7, 11) is 1.64. The van der Waals surface area contributed by atoms with Crippen molar-refractivity contribution in [3.05, 3.63) is 59.1 Å². The van der Waals surface area contributed by atoms with E-state index in [1.807, 2.05) is 30.3 Å². The van der Waals surface area contributed by atoms with Crippen molar-refractivity contribution in [2.75, 3.05) is 25.3 Å². The molecule has 2 aromatic carbocycles. The average molecular weight is 399 g/mol. The van der Waals surface area contributed by atoms with Gasteiger partial charge in [0.05, 0.1) is 10.7 Å². The van der Waals surface area contributed by atoms with E-state index in [1.54, 1.807) is 30.2 Å². The Morgan fingerprint density at radius 3 is 2.82 bits per heavy atom. The van der Waals surface area contributed by atoms with Crippen molar-refractivity contribution in [3.63, 3.8) is 0 Å². The van der Waals surface area contributed by atoms with Crippen LogP contribution in [0.25, 0.3) is 6.08 Å². The normalized spacial score (nSPS) is 18.1. The number of hydrogen-bond donors (Lipinski definition) is 0. The van der Waals surface area contributed by atoms with Crippen LogP contribution in [-0.4, -0.2) is 43.1 Å². The van der Waals surface area contributed by atoms with E-state index in [1.165, 1.54) is 11.0 Å². The predicted octanol–water partition coefficient (Wildman–Crippen LogP) is 3.35. The second-order valence-corrected chi connectivity index (χ2v) is 7.05. The SMILES string of the molecule is CN(C(=O)C=Cc1ccc2c(c1)OCO2)C1CCN(c2ccccc2Cl)C1=O. The lowest BCUT2D eigenvalue weighted by atomic mass is 10.1. The second kappa shape index (κ2) is 7.56. The third-order valence-corrected chi connectivity index (χ3v) is 5.27. The van der Waals surface area contributed by atoms with Crippen molar-refractivity contribution >= 4 is 35.2 Å². The maximum Gasteiger partial charge on any atom is 0.249 e. The van der Waals surface area contributed by atoms with E-state index in [0.29, 0.717) is 35.2 Å². The molecule has 4 rings (SSSR count). The highest BCUT2D eigenvalue weighted by molar-refractivity contribution is 6.34. The molecule has 144 valence electrons. The van der Waals surface area contributed by atoms with Crippen LogP contribution in [0.3, 0.4) is 0 Å². The fraction of sp³-hybridized carbons (Fsp3) is 0.238. The van der Waals surface area contributed by atoms with Gasteiger partial charge in [0.1, 0.15) is 6.04 Å². The number of anilines is 1. The minimum absolute atomic E-state index is 0.125. The molecule has 1 saturated heterocycles. The zero-order valence-corrected chi connectivity index (χ0v) is 16.1. The van der Waals surface area contributed by atoms with Gasteiger partial charge in [-0.05, 0) is 42.3 Å². The topological polar surface area (TPSA) is 59.1 Å². The van der Waals surface area contributed by atoms with E-state index in [0.717, 1.165) is 5.56 Å². The molecular weight excluding hydrogens is 380 g/mol. The Hall–Kier alpha value is -2.99. The van der Waals surface area contributed by atoms with Gasteiger partial charge in [-0.15, -0.1) is 0 Å². The van der Waals surface area contributed by atoms with E-state index >= 15 is 0 Å². The van der Waals surface area contributed by atoms with Gasteiger partial charge in [0, 0.05) is 19.7 Å². The summed E-state index contributed by atoms with van der Waals surface area (Å²) in [5, 5.41) is 0.521. The Morgan fingerprint density at radius 1 is 1.21 bits per heavy atom. The van der Waals surface area contributed by atoms with E-state index in [4.69, 9.17) is 21.1 Å². The van der Waals surface area contributed by atoms with Crippen molar-refractivity contribution in [1.82, 2.24) is 4.90 Å². The Kier molecular flexibility index (Phi) is 4.96. The van der Waals surface area contributed by atoms with Crippen LogP contribution in [0.5, 0.6) is 11.5 Å². The molecule has 1 atom stereocenters. The second-order valence-electron chi connectivity index (χ2n) is 6.64. The Morgan fingerprint density at radius 2 is 2.00 bits per heavy atom. The molecule has 1 unspecified atom stereocenters. The van der Waals surface area contributed by atoms with Gasteiger partial charge in [-0.2, -0.15) is 0 Å². The van der Waals surface area contributed by atoms with Crippen LogP contribution < -0.4 is 14.4 Å². The quantitative estimate of drug-likeness (QED) is 0.741. The molecule has 0 aromatic heterocycles. The lowest BCUT2D eigenvalue weighted by Gasteiger charge is -2.23. The molecule has 0 bridgehead atoms. The molecule has 2 aliphatic rings. The number of amides is 2. The summed E-state index contributed by atoms with van der Waals surface area (Å²) in [5.74, 6) is 0.985. The summed E-state index contributed by atoms with van der Waals surface area (Å²) in [4.78, 5) is 28.5. The van der Waals surface area contributed by atoms with E-state index in [-0.39, 0.29) is 18.6 Å². The minimum atomic E-state index is -0.509. The number of likely N-dealkylation sites (N-methyl/N-ethyl adjacent to an activating group) is 1. The maximum atomic E-state index is 12.8. The fourth-order valence-corrected chi connectivity index (χ4v) is 3.63. The molecule has 0 spiro atoms. The molecule has 0 radical (unpaired) electrons. The lowest BCUT2D eigenvalue weighted by Crippen LogP contribution is -2.42. The number of carbonyl (C=O) groups is 2. The molecule has 6 nitrogen and oxygen atoms in total. The standard InChI is InChI=1S/C21H19ClN2O4/c1-23(17-10-11-24(21(17)26)16-5-3-2-4-15(16)22)20(25)9-7-14-6-8-18-19(12-14)28-13-27-18/h2-9,12,17H,10-11,13H2,1H3. The third kappa shape index (κ3) is 3.43. The highest BCUT2D eigenvalue weighted by Gasteiger charge is 2.37. The molecule has 2 aromatic rings. The molecule has 2 heterocycles. The molecule has 0 aliphatic carbocycles. The number of para-hydroxylation sites is 1. The first kappa shape index (κ1) is 18.4. The van der Waals surface area contributed by atoms with Gasteiger partial charge in [0.15, 0.2) is 11.5 Å². The van der Waals surface area contributed by atoms with E-state index in [9.17, 15) is 9.59 Å². The van der Waals surface area contributed by atoms with E-state index in [2.05, 4.69) is 0 Å². The maximum absolute atomic E-state index is 12.8. The third-order valence-electron chi connectivity index (χ3n) is 4.95. The van der Waals surface area contributed by atoms with E-state index < -0.39 is 6.04 Å². The number of carbonyl (C=O) groups excluding carboxylic acids is 2. The van der Waals surface area contributed by atoms with Gasteiger partial charge in [-0.3, -0.25) is 9.59 Å². The summed E-state index contributed by atoms with van der Waals surface area (Å²) in [5.41, 5.74) is 1.50. The molecule has 2 amide bonds.